The fraction of sp³-hybridized carbons (Fsp3) is 1.00. The van der Waals surface area contributed by atoms with Crippen LogP contribution >= 0.6 is 12.0 Å². The van der Waals surface area contributed by atoms with Crippen molar-refractivity contribution in [1.29, 1.82) is 0 Å². The molecule has 5 unspecified atom stereocenters. The summed E-state index contributed by atoms with van der Waals surface area (Å²) in [4.78, 5) is 0. The van der Waals surface area contributed by atoms with Crippen LogP contribution in [0.5, 0.6) is 0 Å². The quantitative estimate of drug-likeness (QED) is 0.141. The Morgan fingerprint density at radius 3 is 2.24 bits per heavy atom. The second kappa shape index (κ2) is 11.3. The molecule has 136 valence electrons. The van der Waals surface area contributed by atoms with Crippen molar-refractivity contribution in [2.75, 3.05) is 6.26 Å². The molecule has 1 N–H and O–H groups in total. The minimum Gasteiger partial charge on any atom is -0.748 e. The molecule has 0 heterocycles. The van der Waals surface area contributed by atoms with Crippen LogP contribution in [-0.2, 0) is 29.5 Å². The van der Waals surface area contributed by atoms with Crippen LogP contribution in [0.25, 0.3) is 0 Å². The van der Waals surface area contributed by atoms with Gasteiger partial charge in [-0.1, -0.05) is 6.42 Å². The van der Waals surface area contributed by atoms with E-state index in [1.807, 2.05) is 0 Å². The smallest absolute Gasteiger partial charge is 0.748 e. The monoisotopic (exact) mass is 435 g/mol. The van der Waals surface area contributed by atoms with E-state index in [9.17, 15) is 26.6 Å². The standard InChI is InChI=1S/C11H21NO8S3.2Na/c1-22(14,15)12-8-5-6-10(23(16,17)18)7-3-2-4-9(11(7)8)21-20-19-13;;/h7-13H,2-6H2,1H3,(H,16,17,18);;/q;2*+1/p-2. The van der Waals surface area contributed by atoms with Gasteiger partial charge in [0.25, 0.3) is 0 Å². The maximum atomic E-state index is 11.6. The second-order valence-electron chi connectivity index (χ2n) is 6.05. The van der Waals surface area contributed by atoms with Crippen molar-refractivity contribution in [3.63, 3.8) is 0 Å². The van der Waals surface area contributed by atoms with Gasteiger partial charge in [-0.05, 0) is 37.5 Å². The first kappa shape index (κ1) is 27.0. The molecule has 0 spiro atoms. The molecule has 9 nitrogen and oxygen atoms in total. The summed E-state index contributed by atoms with van der Waals surface area (Å²) in [6, 6.07) is -0.499. The number of hydrogen-bond acceptors (Lipinski definition) is 9. The Labute approximate surface area is 196 Å². The van der Waals surface area contributed by atoms with E-state index in [1.54, 1.807) is 0 Å². The van der Waals surface area contributed by atoms with E-state index in [1.165, 1.54) is 0 Å². The molecule has 0 saturated heterocycles. The third-order valence-electron chi connectivity index (χ3n) is 4.58. The van der Waals surface area contributed by atoms with E-state index in [2.05, 4.69) is 14.1 Å². The summed E-state index contributed by atoms with van der Waals surface area (Å²) in [7, 11) is -7.97. The molecule has 0 amide bonds. The van der Waals surface area contributed by atoms with Crippen LogP contribution in [0.3, 0.4) is 0 Å². The third-order valence-corrected chi connectivity index (χ3v) is 7.57. The first-order chi connectivity index (χ1) is 10.6. The average molecular weight is 435 g/mol. The molecule has 2 saturated carbocycles. The topological polar surface area (TPSA) is 145 Å². The van der Waals surface area contributed by atoms with Crippen LogP contribution in [0.1, 0.15) is 32.1 Å². The van der Waals surface area contributed by atoms with Gasteiger partial charge in [0, 0.05) is 23.3 Å². The van der Waals surface area contributed by atoms with E-state index in [-0.39, 0.29) is 77.2 Å². The van der Waals surface area contributed by atoms with Crippen LogP contribution in [-0.4, -0.2) is 44.2 Å². The van der Waals surface area contributed by atoms with Crippen molar-refractivity contribution >= 4 is 32.2 Å². The van der Waals surface area contributed by atoms with Gasteiger partial charge in [0.15, 0.2) is 0 Å². The Morgan fingerprint density at radius 1 is 1.08 bits per heavy atom. The number of sulfonamides is 1. The molecule has 0 radical (unpaired) electrons. The number of fused-ring (bicyclic) bond motifs is 1. The van der Waals surface area contributed by atoms with Crippen molar-refractivity contribution in [2.45, 2.75) is 48.6 Å². The summed E-state index contributed by atoms with van der Waals surface area (Å²) in [6.07, 6.45) is 3.20. The van der Waals surface area contributed by atoms with Gasteiger partial charge in [0.1, 0.15) is 0 Å². The van der Waals surface area contributed by atoms with E-state index in [0.29, 0.717) is 19.3 Å². The maximum absolute atomic E-state index is 11.6. The van der Waals surface area contributed by atoms with E-state index >= 15 is 0 Å². The molecule has 2 fully saturated rings. The molecule has 0 bridgehead atoms. The summed E-state index contributed by atoms with van der Waals surface area (Å²) >= 11 is 0.759. The average Bonchev–Trinajstić information content (AvgIpc) is 2.42. The zero-order valence-corrected chi connectivity index (χ0v) is 20.9. The zero-order valence-electron chi connectivity index (χ0n) is 14.4. The summed E-state index contributed by atoms with van der Waals surface area (Å²) in [5.41, 5.74) is 0. The fourth-order valence-corrected chi connectivity index (χ4v) is 6.82. The minimum atomic E-state index is -4.48. The summed E-state index contributed by atoms with van der Waals surface area (Å²) in [5, 5.41) is 12.0. The molecular weight excluding hydrogens is 416 g/mol. The Balaban J connectivity index is 0.00000288. The van der Waals surface area contributed by atoms with Crippen molar-refractivity contribution < 1.29 is 95.1 Å². The van der Waals surface area contributed by atoms with Gasteiger partial charge in [-0.2, -0.15) is 4.33 Å². The van der Waals surface area contributed by atoms with Crippen LogP contribution in [0.15, 0.2) is 0 Å². The molecule has 0 aromatic heterocycles. The fourth-order valence-electron chi connectivity index (χ4n) is 3.91. The van der Waals surface area contributed by atoms with Gasteiger partial charge in [0.05, 0.1) is 21.6 Å². The largest absolute Gasteiger partial charge is 1.00 e. The molecule has 2 rings (SSSR count). The summed E-state index contributed by atoms with van der Waals surface area (Å²) < 4.78 is 64.7. The molecule has 2 aliphatic rings. The first-order valence-corrected chi connectivity index (χ1v) is 11.3. The Hall–Kier alpha value is 2.05. The first-order valence-electron chi connectivity index (χ1n) is 7.17. The van der Waals surface area contributed by atoms with Crippen molar-refractivity contribution in [3.8, 4) is 0 Å². The predicted octanol–water partition coefficient (Wildman–Crippen LogP) is -6.72. The molecule has 0 aliphatic heterocycles. The molecule has 0 aromatic rings. The maximum Gasteiger partial charge on any atom is 1.00 e. The Kier molecular flexibility index (Phi) is 12.2. The van der Waals surface area contributed by atoms with E-state index in [0.717, 1.165) is 18.3 Å². The molecule has 25 heavy (non-hydrogen) atoms. The summed E-state index contributed by atoms with van der Waals surface area (Å²) in [5.74, 6) is -0.881. The van der Waals surface area contributed by atoms with Crippen LogP contribution in [0.4, 0.5) is 0 Å². The Morgan fingerprint density at radius 2 is 1.72 bits per heavy atom. The Bertz CT molecular complexity index is 617. The van der Waals surface area contributed by atoms with Gasteiger partial charge >= 0.3 is 59.1 Å². The van der Waals surface area contributed by atoms with Crippen LogP contribution in [0.2, 0.25) is 0 Å². The van der Waals surface area contributed by atoms with Crippen LogP contribution in [0, 0.1) is 11.8 Å². The van der Waals surface area contributed by atoms with Crippen LogP contribution < -0.4 is 69.1 Å². The molecule has 5 atom stereocenters. The SMILES string of the molecule is CS(=O)(=O)NC1CCC(S(=O)(=O)[O-])C2CCCC(SOO[O-])C12.[Na+].[Na+]. The third kappa shape index (κ3) is 7.77. The van der Waals surface area contributed by atoms with Crippen molar-refractivity contribution in [1.82, 2.24) is 4.72 Å². The second-order valence-corrected chi connectivity index (χ2v) is 10.4. The van der Waals surface area contributed by atoms with Gasteiger partial charge in [-0.25, -0.2) is 21.6 Å². The molecule has 2 aliphatic carbocycles. The van der Waals surface area contributed by atoms with Crippen molar-refractivity contribution in [3.05, 3.63) is 0 Å². The minimum absolute atomic E-state index is 0. The normalized spacial score (nSPS) is 32.8. The number of nitrogens with one attached hydrogen (secondary N) is 1. The van der Waals surface area contributed by atoms with Gasteiger partial charge < -0.3 is 9.81 Å². The molecular formula is C11H19NNa2O8S3. The van der Waals surface area contributed by atoms with Gasteiger partial charge in [-0.15, -0.1) is 0 Å². The number of rotatable bonds is 6. The van der Waals surface area contributed by atoms with Crippen molar-refractivity contribution in [2.24, 2.45) is 11.8 Å². The zero-order chi connectivity index (χ0) is 17.3. The molecule has 14 heteroatoms. The van der Waals surface area contributed by atoms with Gasteiger partial charge in [-0.3, -0.25) is 5.04 Å². The summed E-state index contributed by atoms with van der Waals surface area (Å²) in [6.45, 7) is 0. The number of hydrogen-bond donors (Lipinski definition) is 1. The van der Waals surface area contributed by atoms with E-state index < -0.39 is 43.3 Å². The molecule has 0 aromatic carbocycles. The van der Waals surface area contributed by atoms with E-state index in [4.69, 9.17) is 0 Å². The van der Waals surface area contributed by atoms with Gasteiger partial charge in [0.2, 0.25) is 10.0 Å². The predicted molar refractivity (Wildman–Crippen MR) is 78.9 cm³/mol.